The molecule has 0 spiro atoms. The third kappa shape index (κ3) is 5.50. The van der Waals surface area contributed by atoms with Crippen LogP contribution in [0.1, 0.15) is 36.4 Å². The Balaban J connectivity index is 1.59. The van der Waals surface area contributed by atoms with Gasteiger partial charge in [0.2, 0.25) is 5.91 Å². The molecule has 3 nitrogen and oxygen atoms in total. The van der Waals surface area contributed by atoms with E-state index < -0.39 is 11.6 Å². The summed E-state index contributed by atoms with van der Waals surface area (Å²) in [6.45, 7) is 2.44. The van der Waals surface area contributed by atoms with Gasteiger partial charge in [-0.1, -0.05) is 23.7 Å². The molecule has 0 saturated carbocycles. The zero-order valence-corrected chi connectivity index (χ0v) is 15.8. The van der Waals surface area contributed by atoms with Crippen molar-refractivity contribution in [3.63, 3.8) is 0 Å². The van der Waals surface area contributed by atoms with E-state index >= 15 is 0 Å². The lowest BCUT2D eigenvalue weighted by molar-refractivity contribution is -0.121. The van der Waals surface area contributed by atoms with Crippen molar-refractivity contribution >= 4 is 17.5 Å². The highest BCUT2D eigenvalue weighted by Gasteiger charge is 2.24. The van der Waals surface area contributed by atoms with Crippen LogP contribution in [0.25, 0.3) is 0 Å². The molecule has 0 radical (unpaired) electrons. The molecule has 1 atom stereocenters. The number of rotatable bonds is 7. The Hall–Kier alpha value is -1.98. The minimum absolute atomic E-state index is 0.0565. The molecular formula is C21H23ClF2N2O. The zero-order chi connectivity index (χ0) is 19.2. The lowest BCUT2D eigenvalue weighted by Gasteiger charge is -2.28. The SMILES string of the molecule is O=C(CCc1cc(F)ccc1F)NCC(c1cccc(Cl)c1)N1CCCC1. The fourth-order valence-corrected chi connectivity index (χ4v) is 3.71. The highest BCUT2D eigenvalue weighted by atomic mass is 35.5. The van der Waals surface area contributed by atoms with Gasteiger partial charge in [0.25, 0.3) is 0 Å². The van der Waals surface area contributed by atoms with Crippen molar-refractivity contribution in [3.8, 4) is 0 Å². The molecule has 1 amide bonds. The summed E-state index contributed by atoms with van der Waals surface area (Å²) in [7, 11) is 0. The first-order valence-electron chi connectivity index (χ1n) is 9.23. The summed E-state index contributed by atoms with van der Waals surface area (Å²) in [4.78, 5) is 14.6. The zero-order valence-electron chi connectivity index (χ0n) is 15.1. The molecule has 1 aliphatic heterocycles. The van der Waals surface area contributed by atoms with Crippen LogP contribution in [-0.4, -0.2) is 30.4 Å². The van der Waals surface area contributed by atoms with E-state index in [1.807, 2.05) is 24.3 Å². The predicted octanol–water partition coefficient (Wildman–Crippen LogP) is 4.50. The highest BCUT2D eigenvalue weighted by Crippen LogP contribution is 2.26. The average Bonchev–Trinajstić information content (AvgIpc) is 3.17. The van der Waals surface area contributed by atoms with Crippen molar-refractivity contribution in [1.29, 1.82) is 0 Å². The molecule has 1 aliphatic rings. The third-order valence-electron chi connectivity index (χ3n) is 4.94. The number of likely N-dealkylation sites (tertiary alicyclic amines) is 1. The molecule has 6 heteroatoms. The summed E-state index contributed by atoms with van der Waals surface area (Å²) in [5.74, 6) is -1.16. The molecule has 0 aliphatic carbocycles. The van der Waals surface area contributed by atoms with Crippen molar-refractivity contribution in [2.75, 3.05) is 19.6 Å². The molecule has 1 fully saturated rings. The van der Waals surface area contributed by atoms with E-state index in [-0.39, 0.29) is 30.4 Å². The number of carbonyl (C=O) groups is 1. The van der Waals surface area contributed by atoms with Gasteiger partial charge >= 0.3 is 0 Å². The molecule has 2 aromatic rings. The number of carbonyl (C=O) groups excluding carboxylic acids is 1. The monoisotopic (exact) mass is 392 g/mol. The van der Waals surface area contributed by atoms with E-state index in [0.717, 1.165) is 49.7 Å². The van der Waals surface area contributed by atoms with E-state index in [4.69, 9.17) is 11.6 Å². The number of hydrogen-bond acceptors (Lipinski definition) is 2. The van der Waals surface area contributed by atoms with Gasteiger partial charge in [0, 0.05) is 18.0 Å². The minimum atomic E-state index is -0.498. The summed E-state index contributed by atoms with van der Waals surface area (Å²) in [5, 5.41) is 3.61. The van der Waals surface area contributed by atoms with Crippen molar-refractivity contribution in [1.82, 2.24) is 10.2 Å². The largest absolute Gasteiger partial charge is 0.354 e. The van der Waals surface area contributed by atoms with Crippen LogP contribution in [0.3, 0.4) is 0 Å². The maximum atomic E-state index is 13.7. The Labute approximate surface area is 163 Å². The predicted molar refractivity (Wildman–Crippen MR) is 103 cm³/mol. The van der Waals surface area contributed by atoms with E-state index in [9.17, 15) is 13.6 Å². The van der Waals surface area contributed by atoms with Crippen molar-refractivity contribution in [2.45, 2.75) is 31.7 Å². The summed E-state index contributed by atoms with van der Waals surface area (Å²) < 4.78 is 26.9. The second-order valence-electron chi connectivity index (χ2n) is 6.85. The lowest BCUT2D eigenvalue weighted by Crippen LogP contribution is -2.36. The molecule has 2 aromatic carbocycles. The van der Waals surface area contributed by atoms with Gasteiger partial charge in [-0.3, -0.25) is 9.69 Å². The number of nitrogens with one attached hydrogen (secondary N) is 1. The molecule has 144 valence electrons. The Kier molecular flexibility index (Phi) is 6.80. The average molecular weight is 393 g/mol. The van der Waals surface area contributed by atoms with Crippen molar-refractivity contribution in [3.05, 3.63) is 70.2 Å². The summed E-state index contributed by atoms with van der Waals surface area (Å²) in [5.41, 5.74) is 1.29. The fourth-order valence-electron chi connectivity index (χ4n) is 3.51. The fraction of sp³-hybridized carbons (Fsp3) is 0.381. The molecule has 1 unspecified atom stereocenters. The van der Waals surface area contributed by atoms with Gasteiger partial charge in [-0.25, -0.2) is 8.78 Å². The Morgan fingerprint density at radius 2 is 1.93 bits per heavy atom. The summed E-state index contributed by atoms with van der Waals surface area (Å²) in [6, 6.07) is 11.0. The second kappa shape index (κ2) is 9.29. The number of benzene rings is 2. The second-order valence-corrected chi connectivity index (χ2v) is 7.29. The maximum absolute atomic E-state index is 13.7. The standard InChI is InChI=1S/C21H23ClF2N2O/c22-17-5-3-4-16(12-17)20(26-10-1-2-11-26)14-25-21(27)9-6-15-13-18(23)7-8-19(15)24/h3-5,7-8,12-13,20H,1-2,6,9-11,14H2,(H,25,27). The van der Waals surface area contributed by atoms with Crippen LogP contribution in [0.4, 0.5) is 8.78 Å². The maximum Gasteiger partial charge on any atom is 0.220 e. The van der Waals surface area contributed by atoms with Crippen LogP contribution in [-0.2, 0) is 11.2 Å². The number of nitrogens with zero attached hydrogens (tertiary/aromatic N) is 1. The number of amides is 1. The highest BCUT2D eigenvalue weighted by molar-refractivity contribution is 6.30. The topological polar surface area (TPSA) is 32.3 Å². The molecule has 3 rings (SSSR count). The van der Waals surface area contributed by atoms with Crippen LogP contribution in [0.2, 0.25) is 5.02 Å². The lowest BCUT2D eigenvalue weighted by atomic mass is 10.0. The molecule has 0 aromatic heterocycles. The first kappa shape index (κ1) is 19.8. The Bertz CT molecular complexity index is 794. The van der Waals surface area contributed by atoms with Gasteiger partial charge in [-0.2, -0.15) is 0 Å². The van der Waals surface area contributed by atoms with Crippen molar-refractivity contribution in [2.24, 2.45) is 0 Å². The molecule has 1 heterocycles. The van der Waals surface area contributed by atoms with Crippen LogP contribution in [0.15, 0.2) is 42.5 Å². The van der Waals surface area contributed by atoms with Crippen LogP contribution in [0, 0.1) is 11.6 Å². The van der Waals surface area contributed by atoms with E-state index in [1.54, 1.807) is 0 Å². The normalized spacial score (nSPS) is 15.7. The molecule has 1 saturated heterocycles. The molecule has 1 N–H and O–H groups in total. The van der Waals surface area contributed by atoms with Gasteiger partial charge < -0.3 is 5.32 Å². The van der Waals surface area contributed by atoms with E-state index in [0.29, 0.717) is 11.6 Å². The van der Waals surface area contributed by atoms with Gasteiger partial charge in [0.15, 0.2) is 0 Å². The van der Waals surface area contributed by atoms with Gasteiger partial charge in [-0.05, 0) is 73.8 Å². The van der Waals surface area contributed by atoms with Crippen LogP contribution >= 0.6 is 11.6 Å². The first-order valence-corrected chi connectivity index (χ1v) is 9.61. The van der Waals surface area contributed by atoms with Crippen LogP contribution < -0.4 is 5.32 Å². The number of aryl methyl sites for hydroxylation is 1. The smallest absolute Gasteiger partial charge is 0.220 e. The quantitative estimate of drug-likeness (QED) is 0.752. The number of halogens is 3. The van der Waals surface area contributed by atoms with Crippen molar-refractivity contribution < 1.29 is 13.6 Å². The summed E-state index contributed by atoms with van der Waals surface area (Å²) in [6.07, 6.45) is 2.57. The minimum Gasteiger partial charge on any atom is -0.354 e. The van der Waals surface area contributed by atoms with Gasteiger partial charge in [-0.15, -0.1) is 0 Å². The Morgan fingerprint density at radius 1 is 1.15 bits per heavy atom. The molecular weight excluding hydrogens is 370 g/mol. The van der Waals surface area contributed by atoms with Gasteiger partial charge in [0.05, 0.1) is 6.04 Å². The van der Waals surface area contributed by atoms with E-state index in [2.05, 4.69) is 10.2 Å². The first-order chi connectivity index (χ1) is 13.0. The summed E-state index contributed by atoms with van der Waals surface area (Å²) >= 11 is 6.13. The van der Waals surface area contributed by atoms with Crippen LogP contribution in [0.5, 0.6) is 0 Å². The third-order valence-corrected chi connectivity index (χ3v) is 5.17. The Morgan fingerprint density at radius 3 is 2.67 bits per heavy atom. The number of hydrogen-bond donors (Lipinski definition) is 1. The molecule has 0 bridgehead atoms. The van der Waals surface area contributed by atoms with Gasteiger partial charge in [0.1, 0.15) is 11.6 Å². The van der Waals surface area contributed by atoms with E-state index in [1.165, 1.54) is 0 Å². The molecule has 27 heavy (non-hydrogen) atoms.